The Labute approximate surface area is 119 Å². The van der Waals surface area contributed by atoms with Crippen molar-refractivity contribution in [2.45, 2.75) is 12.2 Å². The molecule has 1 aromatic carbocycles. The van der Waals surface area contributed by atoms with E-state index in [0.717, 1.165) is 6.07 Å². The van der Waals surface area contributed by atoms with Gasteiger partial charge in [-0.3, -0.25) is 14.9 Å². The number of carboxylic acids is 1. The van der Waals surface area contributed by atoms with Crippen molar-refractivity contribution >= 4 is 29.4 Å². The summed E-state index contributed by atoms with van der Waals surface area (Å²) in [6, 6.07) is 4.13. The molecule has 0 radical (unpaired) electrons. The summed E-state index contributed by atoms with van der Waals surface area (Å²) in [6.07, 6.45) is 0.207. The number of hydrogen-bond acceptors (Lipinski definition) is 6. The van der Waals surface area contributed by atoms with Crippen LogP contribution >= 0.6 is 11.8 Å². The molecule has 0 unspecified atom stereocenters. The Morgan fingerprint density at radius 3 is 2.70 bits per heavy atom. The number of ether oxygens (including phenoxy) is 1. The van der Waals surface area contributed by atoms with E-state index in [1.54, 1.807) is 0 Å². The van der Waals surface area contributed by atoms with Crippen molar-refractivity contribution in [3.05, 3.63) is 39.4 Å². The summed E-state index contributed by atoms with van der Waals surface area (Å²) in [7, 11) is 1.29. The van der Waals surface area contributed by atoms with Crippen LogP contribution in [0, 0.1) is 10.1 Å². The Bertz CT molecular complexity index is 531. The first-order valence-electron chi connectivity index (χ1n) is 5.61. The number of nitro benzene ring substituents is 1. The van der Waals surface area contributed by atoms with E-state index in [0.29, 0.717) is 11.3 Å². The standard InChI is InChI=1S/C12H13NO6S/c1-19-10(14)5-6-20-7-8-3-2-4-9(13(17)18)11(8)12(15)16/h2-4H,5-7H2,1H3,(H,15,16). The molecule has 1 N–H and O–H groups in total. The molecule has 1 rings (SSSR count). The number of benzene rings is 1. The lowest BCUT2D eigenvalue weighted by Gasteiger charge is -2.06. The average molecular weight is 299 g/mol. The first-order chi connectivity index (χ1) is 9.47. The maximum atomic E-state index is 11.1. The fraction of sp³-hybridized carbons (Fsp3) is 0.333. The number of carboxylic acid groups (broad SMARTS) is 1. The van der Waals surface area contributed by atoms with Crippen LogP contribution < -0.4 is 0 Å². The van der Waals surface area contributed by atoms with Gasteiger partial charge in [-0.15, -0.1) is 0 Å². The predicted octanol–water partition coefficient (Wildman–Crippen LogP) is 2.09. The number of rotatable bonds is 7. The molecule has 20 heavy (non-hydrogen) atoms. The van der Waals surface area contributed by atoms with Crippen molar-refractivity contribution in [2.24, 2.45) is 0 Å². The van der Waals surface area contributed by atoms with Crippen molar-refractivity contribution in [1.82, 2.24) is 0 Å². The molecule has 0 aliphatic rings. The zero-order valence-electron chi connectivity index (χ0n) is 10.7. The fourth-order valence-electron chi connectivity index (χ4n) is 1.55. The molecule has 7 nitrogen and oxygen atoms in total. The second-order valence-electron chi connectivity index (χ2n) is 3.75. The van der Waals surface area contributed by atoms with Gasteiger partial charge in [-0.25, -0.2) is 4.79 Å². The maximum Gasteiger partial charge on any atom is 0.343 e. The molecule has 0 aliphatic heterocycles. The van der Waals surface area contributed by atoms with Gasteiger partial charge in [0.25, 0.3) is 5.69 Å². The molecular weight excluding hydrogens is 286 g/mol. The lowest BCUT2D eigenvalue weighted by atomic mass is 10.1. The minimum absolute atomic E-state index is 0.207. The molecule has 1 aromatic rings. The number of esters is 1. The Balaban J connectivity index is 2.79. The number of carbonyl (C=O) groups excluding carboxylic acids is 1. The smallest absolute Gasteiger partial charge is 0.343 e. The normalized spacial score (nSPS) is 10.1. The monoisotopic (exact) mass is 299 g/mol. The largest absolute Gasteiger partial charge is 0.477 e. The molecule has 8 heteroatoms. The molecule has 0 saturated heterocycles. The molecule has 108 valence electrons. The summed E-state index contributed by atoms with van der Waals surface area (Å²) in [6.45, 7) is 0. The lowest BCUT2D eigenvalue weighted by Crippen LogP contribution is -2.07. The van der Waals surface area contributed by atoms with E-state index >= 15 is 0 Å². The van der Waals surface area contributed by atoms with Crippen molar-refractivity contribution in [3.63, 3.8) is 0 Å². The third kappa shape index (κ3) is 4.23. The number of methoxy groups -OCH3 is 1. The van der Waals surface area contributed by atoms with E-state index in [4.69, 9.17) is 5.11 Å². The Kier molecular flexibility index (Phi) is 5.98. The van der Waals surface area contributed by atoms with E-state index in [-0.39, 0.29) is 23.7 Å². The highest BCUT2D eigenvalue weighted by molar-refractivity contribution is 7.98. The number of nitro groups is 1. The molecule has 0 spiro atoms. The van der Waals surface area contributed by atoms with Gasteiger partial charge in [-0.2, -0.15) is 11.8 Å². The van der Waals surface area contributed by atoms with Crippen LogP contribution in [0.2, 0.25) is 0 Å². The van der Waals surface area contributed by atoms with E-state index < -0.39 is 16.6 Å². The summed E-state index contributed by atoms with van der Waals surface area (Å²) >= 11 is 1.32. The molecule has 0 aromatic heterocycles. The third-order valence-corrected chi connectivity index (χ3v) is 3.48. The van der Waals surface area contributed by atoms with Gasteiger partial charge in [0.15, 0.2) is 0 Å². The average Bonchev–Trinajstić information content (AvgIpc) is 2.42. The number of hydrogen-bond donors (Lipinski definition) is 1. The van der Waals surface area contributed by atoms with Gasteiger partial charge < -0.3 is 9.84 Å². The van der Waals surface area contributed by atoms with E-state index in [9.17, 15) is 19.7 Å². The fourth-order valence-corrected chi connectivity index (χ4v) is 2.46. The summed E-state index contributed by atoms with van der Waals surface area (Å²) < 4.78 is 4.48. The van der Waals surface area contributed by atoms with Gasteiger partial charge in [-0.1, -0.05) is 12.1 Å². The molecule has 0 heterocycles. The molecule has 0 amide bonds. The second kappa shape index (κ2) is 7.49. The van der Waals surface area contributed by atoms with Crippen LogP contribution in [0.1, 0.15) is 22.3 Å². The summed E-state index contributed by atoms with van der Waals surface area (Å²) in [5.74, 6) is -0.953. The number of thioether (sulfide) groups is 1. The summed E-state index contributed by atoms with van der Waals surface area (Å²) in [5.41, 5.74) is -0.367. The number of carbonyl (C=O) groups is 2. The first-order valence-corrected chi connectivity index (χ1v) is 6.77. The van der Waals surface area contributed by atoms with E-state index in [1.807, 2.05) is 0 Å². The number of aromatic carboxylic acids is 1. The zero-order valence-corrected chi connectivity index (χ0v) is 11.5. The SMILES string of the molecule is COC(=O)CCSCc1cccc([N+](=O)[O-])c1C(=O)O. The van der Waals surface area contributed by atoms with Crippen LogP contribution in [0.4, 0.5) is 5.69 Å². The van der Waals surface area contributed by atoms with Crippen LogP contribution in [-0.2, 0) is 15.3 Å². The summed E-state index contributed by atoms with van der Waals surface area (Å²) in [5, 5.41) is 19.9. The zero-order chi connectivity index (χ0) is 15.1. The van der Waals surface area contributed by atoms with E-state index in [1.165, 1.54) is 31.0 Å². The Morgan fingerprint density at radius 2 is 2.15 bits per heavy atom. The van der Waals surface area contributed by atoms with Crippen molar-refractivity contribution in [3.8, 4) is 0 Å². The molecule has 0 atom stereocenters. The van der Waals surface area contributed by atoms with Crippen LogP contribution in [-0.4, -0.2) is 34.8 Å². The highest BCUT2D eigenvalue weighted by Crippen LogP contribution is 2.25. The molecular formula is C12H13NO6S. The van der Waals surface area contributed by atoms with Crippen LogP contribution in [0.25, 0.3) is 0 Å². The highest BCUT2D eigenvalue weighted by atomic mass is 32.2. The molecule has 0 bridgehead atoms. The Morgan fingerprint density at radius 1 is 1.45 bits per heavy atom. The third-order valence-electron chi connectivity index (χ3n) is 2.48. The van der Waals surface area contributed by atoms with Gasteiger partial charge >= 0.3 is 11.9 Å². The number of nitrogens with zero attached hydrogens (tertiary/aromatic N) is 1. The van der Waals surface area contributed by atoms with Crippen LogP contribution in [0.3, 0.4) is 0 Å². The van der Waals surface area contributed by atoms with Crippen molar-refractivity contribution in [1.29, 1.82) is 0 Å². The summed E-state index contributed by atoms with van der Waals surface area (Å²) in [4.78, 5) is 32.2. The van der Waals surface area contributed by atoms with Gasteiger partial charge in [0.1, 0.15) is 5.56 Å². The first kappa shape index (κ1) is 16.0. The van der Waals surface area contributed by atoms with Crippen molar-refractivity contribution in [2.75, 3.05) is 12.9 Å². The molecule has 0 saturated carbocycles. The highest BCUT2D eigenvalue weighted by Gasteiger charge is 2.23. The Hall–Kier alpha value is -2.09. The predicted molar refractivity (Wildman–Crippen MR) is 72.9 cm³/mol. The lowest BCUT2D eigenvalue weighted by molar-refractivity contribution is -0.385. The topological polar surface area (TPSA) is 107 Å². The molecule has 0 aliphatic carbocycles. The van der Waals surface area contributed by atoms with Gasteiger partial charge in [0.2, 0.25) is 0 Å². The van der Waals surface area contributed by atoms with Gasteiger partial charge in [0, 0.05) is 17.6 Å². The van der Waals surface area contributed by atoms with Crippen LogP contribution in [0.5, 0.6) is 0 Å². The quantitative estimate of drug-likeness (QED) is 0.355. The van der Waals surface area contributed by atoms with E-state index in [2.05, 4.69) is 4.74 Å². The van der Waals surface area contributed by atoms with Gasteiger partial charge in [-0.05, 0) is 5.56 Å². The minimum atomic E-state index is -1.33. The van der Waals surface area contributed by atoms with Crippen LogP contribution in [0.15, 0.2) is 18.2 Å². The maximum absolute atomic E-state index is 11.1. The minimum Gasteiger partial charge on any atom is -0.477 e. The van der Waals surface area contributed by atoms with Gasteiger partial charge in [0.05, 0.1) is 18.5 Å². The van der Waals surface area contributed by atoms with Crippen molar-refractivity contribution < 1.29 is 24.4 Å². The molecule has 0 fully saturated rings. The second-order valence-corrected chi connectivity index (χ2v) is 4.86.